The average Bonchev–Trinajstić information content (AvgIpc) is 2.71. The van der Waals surface area contributed by atoms with E-state index in [1.807, 2.05) is 6.07 Å². The van der Waals surface area contributed by atoms with Gasteiger partial charge in [0.1, 0.15) is 5.82 Å². The van der Waals surface area contributed by atoms with Crippen molar-refractivity contribution in [1.29, 1.82) is 0 Å². The molecule has 1 fully saturated rings. The zero-order valence-electron chi connectivity index (χ0n) is 18.2. The van der Waals surface area contributed by atoms with Gasteiger partial charge in [0.05, 0.1) is 0 Å². The van der Waals surface area contributed by atoms with E-state index >= 15 is 0 Å². The topological polar surface area (TPSA) is 0 Å². The quantitative estimate of drug-likeness (QED) is 0.285. The van der Waals surface area contributed by atoms with Crippen molar-refractivity contribution in [3.63, 3.8) is 0 Å². The number of halogens is 3. The summed E-state index contributed by atoms with van der Waals surface area (Å²) >= 11 is 0. The Morgan fingerprint density at radius 1 is 0.862 bits per heavy atom. The molecule has 0 aromatic heterocycles. The van der Waals surface area contributed by atoms with E-state index in [4.69, 9.17) is 0 Å². The Balaban J connectivity index is 1.57. The number of unbranched alkanes of at least 4 members (excludes halogenated alkanes) is 9. The molecule has 0 saturated heterocycles. The van der Waals surface area contributed by atoms with E-state index in [1.54, 1.807) is 0 Å². The Labute approximate surface area is 176 Å². The molecular formula is C26H39F3. The normalized spacial score (nSPS) is 19.3. The highest BCUT2D eigenvalue weighted by Gasteiger charge is 2.22. The lowest BCUT2D eigenvalue weighted by Crippen LogP contribution is -2.13. The summed E-state index contributed by atoms with van der Waals surface area (Å²) in [5.74, 6) is 0.650. The molecule has 164 valence electrons. The van der Waals surface area contributed by atoms with E-state index < -0.39 is 11.9 Å². The molecule has 2 rings (SSSR count). The molecule has 0 spiro atoms. The third-order valence-electron chi connectivity index (χ3n) is 6.57. The van der Waals surface area contributed by atoms with Gasteiger partial charge in [0.2, 0.25) is 0 Å². The van der Waals surface area contributed by atoms with Crippen LogP contribution in [0.3, 0.4) is 0 Å². The van der Waals surface area contributed by atoms with Crippen LogP contribution in [0.5, 0.6) is 0 Å². The second kappa shape index (κ2) is 13.9. The van der Waals surface area contributed by atoms with Gasteiger partial charge in [-0.2, -0.15) is 8.78 Å². The maximum Gasteiger partial charge on any atom is 0.271 e. The highest BCUT2D eigenvalue weighted by atomic mass is 19.3. The van der Waals surface area contributed by atoms with Crippen LogP contribution in [-0.2, 0) is 0 Å². The molecule has 0 heterocycles. The maximum absolute atomic E-state index is 14.0. The van der Waals surface area contributed by atoms with Crippen molar-refractivity contribution in [3.8, 4) is 0 Å². The van der Waals surface area contributed by atoms with Crippen molar-refractivity contribution in [3.05, 3.63) is 41.2 Å². The van der Waals surface area contributed by atoms with Crippen molar-refractivity contribution in [2.75, 3.05) is 0 Å². The van der Waals surface area contributed by atoms with Gasteiger partial charge >= 0.3 is 0 Å². The smallest absolute Gasteiger partial charge is 0.206 e. The van der Waals surface area contributed by atoms with Crippen molar-refractivity contribution in [2.45, 2.75) is 109 Å². The van der Waals surface area contributed by atoms with Crippen LogP contribution in [-0.4, -0.2) is 0 Å². The lowest BCUT2D eigenvalue weighted by Gasteiger charge is -2.29. The fraction of sp³-hybridized carbons (Fsp3) is 0.692. The largest absolute Gasteiger partial charge is 0.271 e. The van der Waals surface area contributed by atoms with Gasteiger partial charge < -0.3 is 0 Å². The molecule has 1 aliphatic carbocycles. The number of hydrogen-bond acceptors (Lipinski definition) is 0. The van der Waals surface area contributed by atoms with Crippen LogP contribution in [0.25, 0.3) is 6.08 Å². The SMILES string of the molecule is CCCCCCCCCCCC[C@H]1CC[C@H](c2ccc(C=C(F)F)c(F)c2)CC1. The molecule has 0 bridgehead atoms. The van der Waals surface area contributed by atoms with Crippen LogP contribution in [0.4, 0.5) is 13.2 Å². The molecule has 0 N–H and O–H groups in total. The summed E-state index contributed by atoms with van der Waals surface area (Å²) in [6.45, 7) is 2.26. The van der Waals surface area contributed by atoms with Crippen molar-refractivity contribution >= 4 is 6.08 Å². The Morgan fingerprint density at radius 3 is 2.00 bits per heavy atom. The second-order valence-corrected chi connectivity index (χ2v) is 8.90. The summed E-state index contributed by atoms with van der Waals surface area (Å²) in [4.78, 5) is 0. The fourth-order valence-corrected chi connectivity index (χ4v) is 4.74. The summed E-state index contributed by atoms with van der Waals surface area (Å²) in [5.41, 5.74) is 0.944. The van der Waals surface area contributed by atoms with Crippen LogP contribution < -0.4 is 0 Å². The van der Waals surface area contributed by atoms with E-state index in [0.717, 1.165) is 24.3 Å². The van der Waals surface area contributed by atoms with Gasteiger partial charge in [-0.25, -0.2) is 4.39 Å². The Morgan fingerprint density at radius 2 is 1.45 bits per heavy atom. The van der Waals surface area contributed by atoms with Gasteiger partial charge in [-0.3, -0.25) is 0 Å². The van der Waals surface area contributed by atoms with Crippen molar-refractivity contribution in [1.82, 2.24) is 0 Å². The van der Waals surface area contributed by atoms with Gasteiger partial charge in [0.15, 0.2) is 0 Å². The third kappa shape index (κ3) is 9.40. The molecule has 0 unspecified atom stereocenters. The first-order chi connectivity index (χ1) is 14.1. The van der Waals surface area contributed by atoms with E-state index in [9.17, 15) is 13.2 Å². The van der Waals surface area contributed by atoms with E-state index in [0.29, 0.717) is 12.0 Å². The second-order valence-electron chi connectivity index (χ2n) is 8.90. The average molecular weight is 409 g/mol. The van der Waals surface area contributed by atoms with Crippen molar-refractivity contribution < 1.29 is 13.2 Å². The molecule has 0 nitrogen and oxygen atoms in total. The van der Waals surface area contributed by atoms with Gasteiger partial charge in [-0.05, 0) is 49.1 Å². The summed E-state index contributed by atoms with van der Waals surface area (Å²) in [6, 6.07) is 4.77. The Bertz CT molecular complexity index is 596. The predicted octanol–water partition coefficient (Wildman–Crippen LogP) is 9.65. The van der Waals surface area contributed by atoms with Crippen LogP contribution in [0.1, 0.15) is 120 Å². The first-order valence-corrected chi connectivity index (χ1v) is 11.9. The first-order valence-electron chi connectivity index (χ1n) is 11.9. The minimum atomic E-state index is -1.86. The molecule has 1 aliphatic rings. The standard InChI is InChI=1S/C26H39F3/c1-2-3-4-5-6-7-8-9-10-11-12-21-13-15-22(16-14-21)23-17-18-24(20-26(28)29)25(27)19-23/h17-22H,2-16H2,1H3/t21-,22-. The molecule has 0 amide bonds. The van der Waals surface area contributed by atoms with Crippen LogP contribution >= 0.6 is 0 Å². The summed E-state index contributed by atoms with van der Waals surface area (Å²) in [7, 11) is 0. The molecule has 3 heteroatoms. The van der Waals surface area contributed by atoms with Gasteiger partial charge in [0, 0.05) is 11.6 Å². The van der Waals surface area contributed by atoms with Gasteiger partial charge in [0.25, 0.3) is 6.08 Å². The van der Waals surface area contributed by atoms with E-state index in [1.165, 1.54) is 95.6 Å². The fourth-order valence-electron chi connectivity index (χ4n) is 4.74. The van der Waals surface area contributed by atoms with E-state index in [-0.39, 0.29) is 5.56 Å². The highest BCUT2D eigenvalue weighted by molar-refractivity contribution is 5.51. The summed E-state index contributed by atoms with van der Waals surface area (Å²) in [6.07, 6.45) is 18.5. The minimum Gasteiger partial charge on any atom is -0.206 e. The van der Waals surface area contributed by atoms with Gasteiger partial charge in [-0.1, -0.05) is 89.7 Å². The summed E-state index contributed by atoms with van der Waals surface area (Å²) < 4.78 is 38.7. The van der Waals surface area contributed by atoms with Crippen LogP contribution in [0, 0.1) is 11.7 Å². The number of hydrogen-bond donors (Lipinski definition) is 0. The molecule has 29 heavy (non-hydrogen) atoms. The maximum atomic E-state index is 14.0. The highest BCUT2D eigenvalue weighted by Crippen LogP contribution is 2.38. The number of rotatable bonds is 13. The van der Waals surface area contributed by atoms with Crippen molar-refractivity contribution in [2.24, 2.45) is 5.92 Å². The molecule has 1 aromatic rings. The van der Waals surface area contributed by atoms with Crippen LogP contribution in [0.15, 0.2) is 24.3 Å². The lowest BCUT2D eigenvalue weighted by molar-refractivity contribution is 0.301. The Kier molecular flexibility index (Phi) is 11.5. The molecular weight excluding hydrogens is 369 g/mol. The number of benzene rings is 1. The van der Waals surface area contributed by atoms with E-state index in [2.05, 4.69) is 6.92 Å². The third-order valence-corrected chi connectivity index (χ3v) is 6.57. The zero-order chi connectivity index (χ0) is 20.9. The van der Waals surface area contributed by atoms with Gasteiger partial charge in [-0.15, -0.1) is 0 Å². The Hall–Kier alpha value is -1.25. The zero-order valence-corrected chi connectivity index (χ0v) is 18.2. The molecule has 1 aromatic carbocycles. The molecule has 0 atom stereocenters. The lowest BCUT2D eigenvalue weighted by atomic mass is 9.77. The van der Waals surface area contributed by atoms with Crippen LogP contribution in [0.2, 0.25) is 0 Å². The molecule has 0 aliphatic heterocycles. The minimum absolute atomic E-state index is 0.0246. The summed E-state index contributed by atoms with van der Waals surface area (Å²) in [5, 5.41) is 0. The predicted molar refractivity (Wildman–Crippen MR) is 118 cm³/mol. The first kappa shape index (κ1) is 24.0. The molecule has 0 radical (unpaired) electrons. The monoisotopic (exact) mass is 408 g/mol. The molecule has 1 saturated carbocycles.